The summed E-state index contributed by atoms with van der Waals surface area (Å²) in [6.45, 7) is 8.35. The van der Waals surface area contributed by atoms with Crippen LogP contribution < -0.4 is 0 Å². The smallest absolute Gasteiger partial charge is 0.224 e. The predicted molar refractivity (Wildman–Crippen MR) is 53.4 cm³/mol. The van der Waals surface area contributed by atoms with Crippen LogP contribution >= 0.6 is 0 Å². The van der Waals surface area contributed by atoms with Crippen molar-refractivity contribution in [2.75, 3.05) is 13.6 Å². The van der Waals surface area contributed by atoms with Crippen LogP contribution in [0.2, 0.25) is 0 Å². The van der Waals surface area contributed by atoms with E-state index in [-0.39, 0.29) is 5.91 Å². The second kappa shape index (κ2) is 10.1. The zero-order chi connectivity index (χ0) is 9.98. The molecule has 3 heteroatoms. The zero-order valence-corrected chi connectivity index (χ0v) is 8.79. The summed E-state index contributed by atoms with van der Waals surface area (Å²) in [5.74, 6) is 0.0138. The van der Waals surface area contributed by atoms with E-state index in [1.165, 1.54) is 11.8 Å². The van der Waals surface area contributed by atoms with Crippen LogP contribution in [0.25, 0.3) is 0 Å². The number of carbonyl (C=O) groups is 1. The molecule has 0 saturated heterocycles. The van der Waals surface area contributed by atoms with Gasteiger partial charge in [0.05, 0.1) is 6.34 Å². The summed E-state index contributed by atoms with van der Waals surface area (Å²) in [4.78, 5) is 16.0. The van der Waals surface area contributed by atoms with Gasteiger partial charge in [0.1, 0.15) is 0 Å². The van der Waals surface area contributed by atoms with Crippen LogP contribution in [-0.2, 0) is 4.79 Å². The van der Waals surface area contributed by atoms with Crippen LogP contribution in [0.1, 0.15) is 34.1 Å². The molecule has 0 bridgehead atoms. The predicted octanol–water partition coefficient (Wildman–Crippen LogP) is 1.93. The summed E-state index contributed by atoms with van der Waals surface area (Å²) in [7, 11) is 1.70. The maximum atomic E-state index is 10.6. The molecule has 0 aliphatic heterocycles. The molecule has 0 aliphatic carbocycles. The van der Waals surface area contributed by atoms with Crippen LogP contribution in [0, 0.1) is 0 Å². The van der Waals surface area contributed by atoms with Gasteiger partial charge < -0.3 is 4.90 Å². The summed E-state index contributed by atoms with van der Waals surface area (Å²) in [6, 6.07) is 0. The average molecular weight is 172 g/mol. The van der Waals surface area contributed by atoms with Gasteiger partial charge in [-0.2, -0.15) is 0 Å². The van der Waals surface area contributed by atoms with Gasteiger partial charge in [-0.25, -0.2) is 0 Å². The fourth-order valence-electron chi connectivity index (χ4n) is 0.391. The minimum Gasteiger partial charge on any atom is -0.307 e. The molecule has 12 heavy (non-hydrogen) atoms. The summed E-state index contributed by atoms with van der Waals surface area (Å²) in [6.07, 6.45) is 2.58. The molecular formula is C9H20N2O. The molecule has 0 N–H and O–H groups in total. The summed E-state index contributed by atoms with van der Waals surface area (Å²) in [5.41, 5.74) is 0. The molecule has 0 unspecified atom stereocenters. The quantitative estimate of drug-likeness (QED) is 0.473. The Morgan fingerprint density at radius 1 is 1.50 bits per heavy atom. The Balaban J connectivity index is 0. The van der Waals surface area contributed by atoms with E-state index in [0.717, 1.165) is 13.0 Å². The van der Waals surface area contributed by atoms with Gasteiger partial charge in [0.25, 0.3) is 0 Å². The van der Waals surface area contributed by atoms with E-state index in [1.807, 2.05) is 20.8 Å². The highest BCUT2D eigenvalue weighted by Crippen LogP contribution is 1.80. The normalized spacial score (nSPS) is 9.08. The molecule has 0 aromatic rings. The lowest BCUT2D eigenvalue weighted by Gasteiger charge is -2.05. The fourth-order valence-corrected chi connectivity index (χ4v) is 0.391. The Morgan fingerprint density at radius 3 is 2.33 bits per heavy atom. The van der Waals surface area contributed by atoms with Crippen LogP contribution in [-0.4, -0.2) is 30.7 Å². The monoisotopic (exact) mass is 172 g/mol. The number of hydrogen-bond acceptors (Lipinski definition) is 2. The van der Waals surface area contributed by atoms with Crippen molar-refractivity contribution in [3.8, 4) is 0 Å². The number of aliphatic imine (C=N–C) groups is 1. The highest BCUT2D eigenvalue weighted by molar-refractivity contribution is 5.85. The number of nitrogens with zero attached hydrogens (tertiary/aromatic N) is 2. The molecule has 3 nitrogen and oxygen atoms in total. The second-order valence-corrected chi connectivity index (χ2v) is 2.15. The molecule has 0 heterocycles. The van der Waals surface area contributed by atoms with Crippen LogP contribution in [0.5, 0.6) is 0 Å². The van der Waals surface area contributed by atoms with E-state index in [1.54, 1.807) is 13.4 Å². The Morgan fingerprint density at radius 2 is 2.00 bits per heavy atom. The van der Waals surface area contributed by atoms with Crippen molar-refractivity contribution < 1.29 is 4.79 Å². The Hall–Kier alpha value is -0.860. The van der Waals surface area contributed by atoms with E-state index in [2.05, 4.69) is 4.99 Å². The Bertz CT molecular complexity index is 132. The van der Waals surface area contributed by atoms with E-state index >= 15 is 0 Å². The van der Waals surface area contributed by atoms with Crippen LogP contribution in [0.15, 0.2) is 4.99 Å². The van der Waals surface area contributed by atoms with Crippen LogP contribution in [0.3, 0.4) is 0 Å². The third-order valence-electron chi connectivity index (χ3n) is 1.10. The summed E-state index contributed by atoms with van der Waals surface area (Å²) >= 11 is 0. The number of hydrogen-bond donors (Lipinski definition) is 0. The molecule has 0 spiro atoms. The molecule has 0 rings (SSSR count). The van der Waals surface area contributed by atoms with Gasteiger partial charge in [-0.3, -0.25) is 9.79 Å². The van der Waals surface area contributed by atoms with Crippen molar-refractivity contribution in [2.45, 2.75) is 34.1 Å². The summed E-state index contributed by atoms with van der Waals surface area (Å²) in [5, 5.41) is 0. The maximum Gasteiger partial charge on any atom is 0.224 e. The molecule has 0 aromatic carbocycles. The standard InChI is InChI=1S/C7H14N2O.C2H6/c1-4-5-8-6-9(3)7(2)10;1-2/h6H,4-5H2,1-3H3;1-2H3. The molecule has 0 atom stereocenters. The van der Waals surface area contributed by atoms with Crippen molar-refractivity contribution in [3.63, 3.8) is 0 Å². The van der Waals surface area contributed by atoms with Gasteiger partial charge in [0.15, 0.2) is 0 Å². The molecule has 72 valence electrons. The lowest BCUT2D eigenvalue weighted by atomic mass is 10.5. The molecule has 1 amide bonds. The first-order chi connectivity index (χ1) is 5.68. The number of carbonyl (C=O) groups excluding carboxylic acids is 1. The van der Waals surface area contributed by atoms with Gasteiger partial charge in [0.2, 0.25) is 5.91 Å². The molecule has 0 aromatic heterocycles. The summed E-state index contributed by atoms with van der Waals surface area (Å²) < 4.78 is 0. The zero-order valence-electron chi connectivity index (χ0n) is 8.79. The van der Waals surface area contributed by atoms with Crippen molar-refractivity contribution in [2.24, 2.45) is 4.99 Å². The topological polar surface area (TPSA) is 32.7 Å². The highest BCUT2D eigenvalue weighted by atomic mass is 16.2. The third kappa shape index (κ3) is 9.14. The minimum absolute atomic E-state index is 0.0138. The Labute approximate surface area is 75.5 Å². The number of rotatable bonds is 3. The van der Waals surface area contributed by atoms with E-state index in [0.29, 0.717) is 0 Å². The maximum absolute atomic E-state index is 10.6. The molecule has 0 radical (unpaired) electrons. The van der Waals surface area contributed by atoms with Crippen LogP contribution in [0.4, 0.5) is 0 Å². The van der Waals surface area contributed by atoms with Gasteiger partial charge in [-0.1, -0.05) is 20.8 Å². The van der Waals surface area contributed by atoms with Crippen molar-refractivity contribution in [3.05, 3.63) is 0 Å². The molecule has 0 saturated carbocycles. The lowest BCUT2D eigenvalue weighted by Crippen LogP contribution is -2.21. The van der Waals surface area contributed by atoms with Gasteiger partial charge in [0, 0.05) is 20.5 Å². The van der Waals surface area contributed by atoms with Gasteiger partial charge in [-0.15, -0.1) is 0 Å². The van der Waals surface area contributed by atoms with E-state index < -0.39 is 0 Å². The largest absolute Gasteiger partial charge is 0.307 e. The second-order valence-electron chi connectivity index (χ2n) is 2.15. The first kappa shape index (κ1) is 13.7. The van der Waals surface area contributed by atoms with Gasteiger partial charge in [-0.05, 0) is 6.42 Å². The fraction of sp³-hybridized carbons (Fsp3) is 0.778. The Kier molecular flexibility index (Phi) is 11.6. The minimum atomic E-state index is 0.0138. The lowest BCUT2D eigenvalue weighted by molar-refractivity contribution is -0.123. The van der Waals surface area contributed by atoms with Crippen molar-refractivity contribution in [1.29, 1.82) is 0 Å². The van der Waals surface area contributed by atoms with Crippen molar-refractivity contribution >= 4 is 12.2 Å². The average Bonchev–Trinajstić information content (AvgIpc) is 2.08. The SMILES string of the molecule is CC.CCCN=CN(C)C(C)=O. The number of amides is 1. The van der Waals surface area contributed by atoms with E-state index in [9.17, 15) is 4.79 Å². The first-order valence-electron chi connectivity index (χ1n) is 4.41. The highest BCUT2D eigenvalue weighted by Gasteiger charge is 1.94. The molecular weight excluding hydrogens is 152 g/mol. The van der Waals surface area contributed by atoms with Crippen molar-refractivity contribution in [1.82, 2.24) is 4.90 Å². The third-order valence-corrected chi connectivity index (χ3v) is 1.10. The first-order valence-corrected chi connectivity index (χ1v) is 4.41. The van der Waals surface area contributed by atoms with E-state index in [4.69, 9.17) is 0 Å². The molecule has 0 fully saturated rings. The molecule has 0 aliphatic rings. The van der Waals surface area contributed by atoms with Gasteiger partial charge >= 0.3 is 0 Å².